The van der Waals surface area contributed by atoms with Crippen molar-refractivity contribution in [3.8, 4) is 0 Å². The summed E-state index contributed by atoms with van der Waals surface area (Å²) in [4.78, 5) is 48.9. The lowest BCUT2D eigenvalue weighted by atomic mass is 9.99. The van der Waals surface area contributed by atoms with Crippen LogP contribution in [0.4, 0.5) is 10.5 Å². The van der Waals surface area contributed by atoms with Crippen molar-refractivity contribution >= 4 is 29.5 Å². The Bertz CT molecular complexity index is 701. The highest BCUT2D eigenvalue weighted by Crippen LogP contribution is 2.20. The lowest BCUT2D eigenvalue weighted by Gasteiger charge is -2.13. The molecule has 0 unspecified atom stereocenters. The van der Waals surface area contributed by atoms with E-state index in [-0.39, 0.29) is 6.54 Å². The first-order valence-electron chi connectivity index (χ1n) is 8.42. The second-order valence-corrected chi connectivity index (χ2v) is 6.26. The zero-order valence-electron chi connectivity index (χ0n) is 15.2. The van der Waals surface area contributed by atoms with Crippen molar-refractivity contribution in [2.45, 2.75) is 26.2 Å². The highest BCUT2D eigenvalue weighted by molar-refractivity contribution is 6.04. The molecule has 1 N–H and O–H groups in total. The van der Waals surface area contributed by atoms with Gasteiger partial charge in [0.1, 0.15) is 13.1 Å². The molecule has 1 saturated heterocycles. The molecule has 8 nitrogen and oxygen atoms in total. The van der Waals surface area contributed by atoms with E-state index >= 15 is 0 Å². The number of carbonyl (C=O) groups is 4. The van der Waals surface area contributed by atoms with Gasteiger partial charge in [-0.15, -0.1) is 0 Å². The number of imide groups is 1. The van der Waals surface area contributed by atoms with Gasteiger partial charge in [-0.2, -0.15) is 0 Å². The van der Waals surface area contributed by atoms with Gasteiger partial charge in [0.25, 0.3) is 11.8 Å². The third-order valence-corrected chi connectivity index (χ3v) is 4.26. The summed E-state index contributed by atoms with van der Waals surface area (Å²) in [5, 5.41) is 2.63. The van der Waals surface area contributed by atoms with Crippen molar-refractivity contribution in [1.82, 2.24) is 9.80 Å². The normalized spacial score (nSPS) is 15.2. The van der Waals surface area contributed by atoms with Crippen LogP contribution in [0.5, 0.6) is 0 Å². The summed E-state index contributed by atoms with van der Waals surface area (Å²) >= 11 is 0. The summed E-state index contributed by atoms with van der Waals surface area (Å²) < 4.78 is 4.83. The van der Waals surface area contributed by atoms with Gasteiger partial charge in [-0.1, -0.05) is 26.0 Å². The number of carbonyl (C=O) groups excluding carboxylic acids is 4. The molecule has 1 atom stereocenters. The molecule has 0 aliphatic carbocycles. The van der Waals surface area contributed by atoms with Crippen LogP contribution in [0.25, 0.3) is 0 Å². The highest BCUT2D eigenvalue weighted by atomic mass is 16.5. The van der Waals surface area contributed by atoms with E-state index in [4.69, 9.17) is 4.74 Å². The third-order valence-electron chi connectivity index (χ3n) is 4.26. The standard InChI is InChI=1S/C18H23N3O5/c1-4-12(2)13-5-7-14(8-6-13)19-15(22)11-26-17(24)10-21-16(23)9-20(3)18(21)25/h5-8,12H,4,9-11H2,1-3H3,(H,19,22)/t12-/m1/s1. The molecular weight excluding hydrogens is 338 g/mol. The van der Waals surface area contributed by atoms with Gasteiger partial charge in [0.15, 0.2) is 6.61 Å². The van der Waals surface area contributed by atoms with E-state index < -0.39 is 37.0 Å². The van der Waals surface area contributed by atoms with Crippen molar-refractivity contribution in [3.05, 3.63) is 29.8 Å². The van der Waals surface area contributed by atoms with Crippen LogP contribution in [-0.2, 0) is 19.1 Å². The second kappa shape index (κ2) is 8.46. The number of nitrogens with one attached hydrogen (secondary N) is 1. The maximum absolute atomic E-state index is 11.9. The first-order valence-corrected chi connectivity index (χ1v) is 8.42. The SMILES string of the molecule is CC[C@@H](C)c1ccc(NC(=O)COC(=O)CN2C(=O)CN(C)C2=O)cc1. The van der Waals surface area contributed by atoms with Crippen LogP contribution >= 0.6 is 0 Å². The summed E-state index contributed by atoms with van der Waals surface area (Å²) in [6.07, 6.45) is 1.03. The van der Waals surface area contributed by atoms with E-state index in [9.17, 15) is 19.2 Å². The van der Waals surface area contributed by atoms with E-state index in [1.165, 1.54) is 17.5 Å². The van der Waals surface area contributed by atoms with E-state index in [1.54, 1.807) is 12.1 Å². The molecule has 1 fully saturated rings. The molecule has 1 aromatic carbocycles. The summed E-state index contributed by atoms with van der Waals surface area (Å²) in [6, 6.07) is 6.91. The average Bonchev–Trinajstić information content (AvgIpc) is 2.86. The average molecular weight is 361 g/mol. The van der Waals surface area contributed by atoms with Crippen LogP contribution < -0.4 is 5.32 Å². The van der Waals surface area contributed by atoms with Crippen LogP contribution in [0.15, 0.2) is 24.3 Å². The summed E-state index contributed by atoms with van der Waals surface area (Å²) in [5.74, 6) is -1.34. The molecule has 1 aromatic rings. The first-order chi connectivity index (χ1) is 12.3. The monoisotopic (exact) mass is 361 g/mol. The van der Waals surface area contributed by atoms with Gasteiger partial charge in [0.05, 0.1) is 0 Å². The Hall–Kier alpha value is -2.90. The van der Waals surface area contributed by atoms with Crippen molar-refractivity contribution in [1.29, 1.82) is 0 Å². The Morgan fingerprint density at radius 1 is 1.23 bits per heavy atom. The Kier molecular flexibility index (Phi) is 6.32. The molecule has 0 saturated carbocycles. The minimum atomic E-state index is -0.815. The number of likely N-dealkylation sites (N-methyl/N-ethyl adjacent to an activating group) is 1. The number of amides is 4. The lowest BCUT2D eigenvalue weighted by molar-refractivity contribution is -0.149. The largest absolute Gasteiger partial charge is 0.454 e. The second-order valence-electron chi connectivity index (χ2n) is 6.26. The molecule has 1 aliphatic heterocycles. The summed E-state index contributed by atoms with van der Waals surface area (Å²) in [5.41, 5.74) is 1.78. The number of hydrogen-bond donors (Lipinski definition) is 1. The number of esters is 1. The van der Waals surface area contributed by atoms with Crippen LogP contribution in [0.3, 0.4) is 0 Å². The third kappa shape index (κ3) is 4.81. The number of anilines is 1. The van der Waals surface area contributed by atoms with Gasteiger partial charge in [-0.3, -0.25) is 19.3 Å². The van der Waals surface area contributed by atoms with Gasteiger partial charge < -0.3 is 15.0 Å². The molecule has 0 spiro atoms. The molecule has 140 valence electrons. The van der Waals surface area contributed by atoms with Crippen molar-refractivity contribution in [2.75, 3.05) is 32.1 Å². The first kappa shape index (κ1) is 19.4. The molecule has 0 bridgehead atoms. The Morgan fingerprint density at radius 2 is 1.88 bits per heavy atom. The van der Waals surface area contributed by atoms with Crippen molar-refractivity contribution in [3.63, 3.8) is 0 Å². The molecule has 1 aliphatic rings. The van der Waals surface area contributed by atoms with Crippen molar-refractivity contribution in [2.24, 2.45) is 0 Å². The van der Waals surface area contributed by atoms with Gasteiger partial charge in [0, 0.05) is 12.7 Å². The Morgan fingerprint density at radius 3 is 2.42 bits per heavy atom. The predicted octanol–water partition coefficient (Wildman–Crippen LogP) is 1.58. The zero-order chi connectivity index (χ0) is 19.3. The van der Waals surface area contributed by atoms with Gasteiger partial charge >= 0.3 is 12.0 Å². The lowest BCUT2D eigenvalue weighted by Crippen LogP contribution is -2.37. The van der Waals surface area contributed by atoms with Gasteiger partial charge in [0.2, 0.25) is 0 Å². The number of hydrogen-bond acceptors (Lipinski definition) is 5. The van der Waals surface area contributed by atoms with E-state index in [1.807, 2.05) is 12.1 Å². The quantitative estimate of drug-likeness (QED) is 0.587. The smallest absolute Gasteiger partial charge is 0.327 e. The Balaban J connectivity index is 1.78. The van der Waals surface area contributed by atoms with E-state index in [0.717, 1.165) is 11.3 Å². The minimum Gasteiger partial charge on any atom is -0.454 e. The summed E-state index contributed by atoms with van der Waals surface area (Å²) in [6.45, 7) is 3.17. The maximum atomic E-state index is 11.9. The predicted molar refractivity (Wildman–Crippen MR) is 94.5 cm³/mol. The molecule has 26 heavy (non-hydrogen) atoms. The number of urea groups is 1. The highest BCUT2D eigenvalue weighted by Gasteiger charge is 2.35. The molecule has 0 radical (unpaired) electrons. The number of ether oxygens (including phenoxy) is 1. The van der Waals surface area contributed by atoms with Crippen molar-refractivity contribution < 1.29 is 23.9 Å². The molecule has 0 aromatic heterocycles. The summed E-state index contributed by atoms with van der Waals surface area (Å²) in [7, 11) is 1.46. The number of rotatable bonds is 7. The number of benzene rings is 1. The molecule has 1 heterocycles. The molecule has 8 heteroatoms. The molecule has 4 amide bonds. The van der Waals surface area contributed by atoms with E-state index in [2.05, 4.69) is 19.2 Å². The van der Waals surface area contributed by atoms with E-state index in [0.29, 0.717) is 11.6 Å². The van der Waals surface area contributed by atoms with Gasteiger partial charge in [-0.05, 0) is 30.0 Å². The topological polar surface area (TPSA) is 96.0 Å². The maximum Gasteiger partial charge on any atom is 0.327 e. The van der Waals surface area contributed by atoms with Gasteiger partial charge in [-0.25, -0.2) is 4.79 Å². The fraction of sp³-hybridized carbons (Fsp3) is 0.444. The minimum absolute atomic E-state index is 0.0702. The number of nitrogens with zero attached hydrogens (tertiary/aromatic N) is 2. The van der Waals surface area contributed by atoms with Crippen LogP contribution in [0.2, 0.25) is 0 Å². The molecule has 2 rings (SSSR count). The fourth-order valence-corrected chi connectivity index (χ4v) is 2.47. The van der Waals surface area contributed by atoms with Crippen LogP contribution in [0.1, 0.15) is 31.7 Å². The van der Waals surface area contributed by atoms with Crippen LogP contribution in [-0.4, -0.2) is 60.4 Å². The zero-order valence-corrected chi connectivity index (χ0v) is 15.2. The van der Waals surface area contributed by atoms with Crippen LogP contribution in [0, 0.1) is 0 Å². The fourth-order valence-electron chi connectivity index (χ4n) is 2.47. The Labute approximate surface area is 152 Å². The molecular formula is C18H23N3O5.